The summed E-state index contributed by atoms with van der Waals surface area (Å²) in [6.45, 7) is 11.7. The molecule has 335 valence electrons. The van der Waals surface area contributed by atoms with E-state index in [1.807, 2.05) is 40.0 Å². The number of aryl methyl sites for hydroxylation is 1. The average molecular weight is 1060 g/mol. The molecule has 0 fully saturated rings. The molecule has 0 amide bonds. The van der Waals surface area contributed by atoms with E-state index >= 15 is 4.39 Å². The predicted molar refractivity (Wildman–Crippen MR) is 243 cm³/mol. The number of aromatic nitrogens is 5. The molecule has 4 heterocycles. The molecule has 0 spiro atoms. The molecule has 0 atom stereocenters. The van der Waals surface area contributed by atoms with E-state index in [1.165, 1.54) is 54.2 Å². The van der Waals surface area contributed by atoms with Crippen LogP contribution in [0.25, 0.3) is 72.8 Å². The van der Waals surface area contributed by atoms with Crippen LogP contribution in [0.3, 0.4) is 0 Å². The topological polar surface area (TPSA) is 69.6 Å². The molecular weight excluding hydrogens is 1010 g/mol. The molecule has 0 saturated heterocycles. The predicted octanol–water partition coefficient (Wildman–Crippen LogP) is 14.6. The molecule has 5 aromatic carbocycles. The fourth-order valence-electron chi connectivity index (χ4n) is 7.55. The minimum Gasteiger partial charge on any atom is -0.485 e. The number of pyridine rings is 1. The summed E-state index contributed by atoms with van der Waals surface area (Å²) in [6, 6.07) is 30.6. The van der Waals surface area contributed by atoms with Gasteiger partial charge in [0, 0.05) is 50.2 Å². The van der Waals surface area contributed by atoms with Crippen LogP contribution < -0.4 is 0 Å². The second-order valence-corrected chi connectivity index (χ2v) is 17.1. The van der Waals surface area contributed by atoms with Gasteiger partial charge in [0.2, 0.25) is 5.71 Å². The third kappa shape index (κ3) is 9.80. The van der Waals surface area contributed by atoms with E-state index in [0.29, 0.717) is 61.3 Å². The first-order valence-corrected chi connectivity index (χ1v) is 20.6. The summed E-state index contributed by atoms with van der Waals surface area (Å²) < 4.78 is 116. The molecule has 4 aromatic heterocycles. The summed E-state index contributed by atoms with van der Waals surface area (Å²) in [5, 5.41) is 0.554. The SMILES string of the molecule is CC(C)(C)c1ccc(-c2[c-]cc(F)cc2)nc1.[2H]C([2H])([2H])c1cccc2nc(-c3[c-]ccc4c3oc3nc(-c5ccc(C([2H])([2H])C(F)(F)F)cc5)cnc34)n(-c3c(C(C)C)cc(F)cc3C(C)C)c12.[Ir]. The number of hydrogen-bond acceptors (Lipinski definition) is 5. The maximum absolute atomic E-state index is 15.2. The number of alkyl halides is 3. The summed E-state index contributed by atoms with van der Waals surface area (Å²) in [6.07, 6.45) is -5.31. The Bertz CT molecular complexity index is 3320. The molecular formula is C53H46F5IrN5O-2. The van der Waals surface area contributed by atoms with E-state index in [0.717, 1.165) is 23.4 Å². The van der Waals surface area contributed by atoms with Crippen molar-refractivity contribution in [2.75, 3.05) is 0 Å². The van der Waals surface area contributed by atoms with Crippen molar-refractivity contribution >= 4 is 33.2 Å². The summed E-state index contributed by atoms with van der Waals surface area (Å²) in [5.74, 6) is -0.702. The van der Waals surface area contributed by atoms with Crippen molar-refractivity contribution in [1.82, 2.24) is 24.5 Å². The van der Waals surface area contributed by atoms with Crippen molar-refractivity contribution in [2.45, 2.75) is 85.1 Å². The molecule has 0 N–H and O–H groups in total. The van der Waals surface area contributed by atoms with Crippen molar-refractivity contribution in [3.05, 3.63) is 161 Å². The Morgan fingerprint density at radius 3 is 2.12 bits per heavy atom. The van der Waals surface area contributed by atoms with E-state index in [9.17, 15) is 17.6 Å². The zero-order valence-corrected chi connectivity index (χ0v) is 38.8. The fourth-order valence-corrected chi connectivity index (χ4v) is 7.55. The van der Waals surface area contributed by atoms with Gasteiger partial charge in [-0.25, -0.2) is 14.4 Å². The first kappa shape index (κ1) is 40.4. The second kappa shape index (κ2) is 18.4. The number of rotatable bonds is 7. The number of imidazole rings is 1. The molecule has 0 saturated carbocycles. The van der Waals surface area contributed by atoms with Gasteiger partial charge in [-0.05, 0) is 81.2 Å². The quantitative estimate of drug-likeness (QED) is 0.117. The molecule has 1 radical (unpaired) electrons. The van der Waals surface area contributed by atoms with Crippen LogP contribution in [0.4, 0.5) is 22.0 Å². The molecule has 9 aromatic rings. The van der Waals surface area contributed by atoms with Crippen molar-refractivity contribution < 1.29 is 53.3 Å². The number of furan rings is 1. The summed E-state index contributed by atoms with van der Waals surface area (Å²) >= 11 is 0. The van der Waals surface area contributed by atoms with E-state index in [4.69, 9.17) is 16.3 Å². The monoisotopic (exact) mass is 1060 g/mol. The van der Waals surface area contributed by atoms with Gasteiger partial charge in [-0.1, -0.05) is 103 Å². The van der Waals surface area contributed by atoms with Gasteiger partial charge in [0.05, 0.1) is 40.7 Å². The number of benzene rings is 5. The third-order valence-electron chi connectivity index (χ3n) is 10.8. The molecule has 65 heavy (non-hydrogen) atoms. The van der Waals surface area contributed by atoms with Crippen LogP contribution in [-0.4, -0.2) is 30.7 Å². The Morgan fingerprint density at radius 1 is 0.800 bits per heavy atom. The first-order valence-electron chi connectivity index (χ1n) is 23.1. The third-order valence-corrected chi connectivity index (χ3v) is 10.8. The largest absolute Gasteiger partial charge is 0.485 e. The Hall–Kier alpha value is -6.10. The standard InChI is InChI=1S/C38H31F4N4O.C15H15FN.Ir/c1-20(2)28-16-25(39)17-29(21(3)4)34(28)46-33-22(5)8-6-11-30(33)44-36(46)27-10-7-9-26-32-37(47-35(26)27)45-31(19-43-32)24-14-12-23(13-15-24)18-38(40,41)42;1-15(2,3)12-6-9-14(17-10-12)11-4-7-13(16)8-5-11;/h6-9,11-17,19-21H,18H2,1-5H3;4,6-10H,1-3H3;/q2*-1;/i5D3,18D2;;. The first-order chi connectivity index (χ1) is 32.3. The summed E-state index contributed by atoms with van der Waals surface area (Å²) in [7, 11) is 0. The minimum absolute atomic E-state index is 0. The van der Waals surface area contributed by atoms with Crippen LogP contribution in [0.1, 0.15) is 95.0 Å². The number of fused-ring (bicyclic) bond motifs is 4. The van der Waals surface area contributed by atoms with E-state index in [2.05, 4.69) is 53.9 Å². The molecule has 0 aliphatic rings. The number of para-hydroxylation sites is 1. The molecule has 6 nitrogen and oxygen atoms in total. The number of halogens is 5. The van der Waals surface area contributed by atoms with Crippen molar-refractivity contribution in [3.63, 3.8) is 0 Å². The molecule has 9 rings (SSSR count). The Labute approximate surface area is 395 Å². The van der Waals surface area contributed by atoms with Gasteiger partial charge in [-0.15, -0.1) is 48.0 Å². The van der Waals surface area contributed by atoms with Crippen LogP contribution in [0.15, 0.2) is 114 Å². The van der Waals surface area contributed by atoms with Crippen LogP contribution in [0, 0.1) is 30.6 Å². The van der Waals surface area contributed by atoms with Crippen LogP contribution >= 0.6 is 0 Å². The summed E-state index contributed by atoms with van der Waals surface area (Å²) in [5.41, 5.74) is 6.93. The molecule has 12 heteroatoms. The normalized spacial score (nSPS) is 13.5. The zero-order chi connectivity index (χ0) is 50.0. The van der Waals surface area contributed by atoms with E-state index in [1.54, 1.807) is 34.9 Å². The maximum Gasteiger partial charge on any atom is 0.393 e. The smallest absolute Gasteiger partial charge is 0.393 e. The van der Waals surface area contributed by atoms with Gasteiger partial charge in [0.25, 0.3) is 0 Å². The molecule has 0 aliphatic carbocycles. The van der Waals surface area contributed by atoms with Crippen molar-refractivity contribution in [3.8, 4) is 39.6 Å². The van der Waals surface area contributed by atoms with Gasteiger partial charge in [-0.3, -0.25) is 9.37 Å². The van der Waals surface area contributed by atoms with Crippen LogP contribution in [-0.2, 0) is 31.9 Å². The van der Waals surface area contributed by atoms with E-state index in [-0.39, 0.29) is 60.1 Å². The van der Waals surface area contributed by atoms with Crippen LogP contribution in [0.2, 0.25) is 0 Å². The fraction of sp³-hybridized carbons (Fsp3) is 0.245. The Balaban J connectivity index is 0.000000338. The van der Waals surface area contributed by atoms with Crippen molar-refractivity contribution in [2.24, 2.45) is 0 Å². The average Bonchev–Trinajstić information content (AvgIpc) is 3.87. The Kier molecular flexibility index (Phi) is 11.4. The number of nitrogens with zero attached hydrogens (tertiary/aromatic N) is 5. The maximum atomic E-state index is 15.2. The Morgan fingerprint density at radius 2 is 1.52 bits per heavy atom. The second-order valence-electron chi connectivity index (χ2n) is 17.1. The van der Waals surface area contributed by atoms with Gasteiger partial charge < -0.3 is 14.0 Å². The van der Waals surface area contributed by atoms with Gasteiger partial charge in [0.15, 0.2) is 0 Å². The molecule has 0 bridgehead atoms. The van der Waals surface area contributed by atoms with Gasteiger partial charge in [0.1, 0.15) is 11.3 Å². The minimum atomic E-state index is -5.09. The molecule has 0 aliphatic heterocycles. The zero-order valence-electron chi connectivity index (χ0n) is 41.4. The summed E-state index contributed by atoms with van der Waals surface area (Å²) in [4.78, 5) is 18.5. The molecule has 0 unspecified atom stereocenters. The van der Waals surface area contributed by atoms with E-state index < -0.39 is 30.8 Å². The number of hydrogen-bond donors (Lipinski definition) is 0. The van der Waals surface area contributed by atoms with Crippen LogP contribution in [0.5, 0.6) is 0 Å². The van der Waals surface area contributed by atoms with Crippen molar-refractivity contribution in [1.29, 1.82) is 0 Å². The van der Waals surface area contributed by atoms with Gasteiger partial charge in [-0.2, -0.15) is 13.2 Å². The van der Waals surface area contributed by atoms with Gasteiger partial charge >= 0.3 is 6.18 Å².